The summed E-state index contributed by atoms with van der Waals surface area (Å²) in [7, 11) is 0. The van der Waals surface area contributed by atoms with Crippen molar-refractivity contribution in [2.45, 2.75) is 25.7 Å². The first kappa shape index (κ1) is 11.1. The van der Waals surface area contributed by atoms with Crippen LogP contribution in [0.2, 0.25) is 0 Å². The molecule has 68 valence electrons. The SMILES string of the molecule is Cl.FC(F)CN1CCCCC1. The third-order valence-electron chi connectivity index (χ3n) is 1.84. The Hall–Kier alpha value is 0.110. The normalized spacial score (nSPS) is 19.9. The number of likely N-dealkylation sites (tertiary alicyclic amines) is 1. The minimum absolute atomic E-state index is 0. The van der Waals surface area contributed by atoms with Crippen LogP contribution < -0.4 is 0 Å². The van der Waals surface area contributed by atoms with Crippen molar-refractivity contribution < 1.29 is 8.78 Å². The van der Waals surface area contributed by atoms with Gasteiger partial charge in [-0.25, -0.2) is 8.78 Å². The van der Waals surface area contributed by atoms with Gasteiger partial charge in [0.25, 0.3) is 6.43 Å². The van der Waals surface area contributed by atoms with Gasteiger partial charge in [-0.2, -0.15) is 0 Å². The number of alkyl halides is 2. The molecule has 1 nitrogen and oxygen atoms in total. The maximum absolute atomic E-state index is 11.8. The molecule has 0 aromatic rings. The molecule has 0 aromatic heterocycles. The maximum atomic E-state index is 11.8. The van der Waals surface area contributed by atoms with E-state index < -0.39 is 6.43 Å². The lowest BCUT2D eigenvalue weighted by Gasteiger charge is -2.25. The molecule has 4 heteroatoms. The molecule has 0 aromatic carbocycles. The Labute approximate surface area is 72.2 Å². The lowest BCUT2D eigenvalue weighted by molar-refractivity contribution is 0.0788. The van der Waals surface area contributed by atoms with E-state index >= 15 is 0 Å². The van der Waals surface area contributed by atoms with Crippen molar-refractivity contribution in [1.29, 1.82) is 0 Å². The number of hydrogen-bond donors (Lipinski definition) is 0. The molecule has 0 amide bonds. The number of rotatable bonds is 2. The molecular formula is C7H14ClF2N. The van der Waals surface area contributed by atoms with Crippen molar-refractivity contribution >= 4 is 12.4 Å². The predicted octanol–water partition coefficient (Wildman–Crippen LogP) is 2.16. The summed E-state index contributed by atoms with van der Waals surface area (Å²) >= 11 is 0. The number of nitrogens with zero attached hydrogens (tertiary/aromatic N) is 1. The van der Waals surface area contributed by atoms with Crippen LogP contribution in [0, 0.1) is 0 Å². The smallest absolute Gasteiger partial charge is 0.251 e. The first-order valence-electron chi connectivity index (χ1n) is 3.79. The van der Waals surface area contributed by atoms with Gasteiger partial charge in [-0.3, -0.25) is 4.90 Å². The van der Waals surface area contributed by atoms with Gasteiger partial charge >= 0.3 is 0 Å². The highest BCUT2D eigenvalue weighted by molar-refractivity contribution is 5.85. The minimum atomic E-state index is -2.15. The molecule has 1 aliphatic heterocycles. The van der Waals surface area contributed by atoms with Crippen molar-refractivity contribution in [3.8, 4) is 0 Å². The lowest BCUT2D eigenvalue weighted by atomic mass is 10.1. The standard InChI is InChI=1S/C7H13F2N.ClH/c8-7(9)6-10-4-2-1-3-5-10;/h7H,1-6H2;1H. The fraction of sp³-hybridized carbons (Fsp3) is 1.00. The van der Waals surface area contributed by atoms with Crippen LogP contribution in [0.4, 0.5) is 8.78 Å². The van der Waals surface area contributed by atoms with Crippen LogP contribution in [-0.4, -0.2) is 31.0 Å². The summed E-state index contributed by atoms with van der Waals surface area (Å²) in [4.78, 5) is 1.84. The Morgan fingerprint density at radius 1 is 1.09 bits per heavy atom. The van der Waals surface area contributed by atoms with E-state index in [0.717, 1.165) is 25.9 Å². The first-order valence-corrected chi connectivity index (χ1v) is 3.79. The first-order chi connectivity index (χ1) is 4.79. The Morgan fingerprint density at radius 3 is 2.09 bits per heavy atom. The molecule has 0 spiro atoms. The molecule has 1 aliphatic rings. The largest absolute Gasteiger partial charge is 0.298 e. The highest BCUT2D eigenvalue weighted by atomic mass is 35.5. The molecule has 0 aliphatic carbocycles. The number of halogens is 3. The quantitative estimate of drug-likeness (QED) is 0.638. The van der Waals surface area contributed by atoms with E-state index in [0.29, 0.717) is 0 Å². The van der Waals surface area contributed by atoms with Crippen molar-refractivity contribution in [1.82, 2.24) is 4.90 Å². The molecule has 11 heavy (non-hydrogen) atoms. The summed E-state index contributed by atoms with van der Waals surface area (Å²) in [5.41, 5.74) is 0. The summed E-state index contributed by atoms with van der Waals surface area (Å²) in [5, 5.41) is 0. The van der Waals surface area contributed by atoms with Crippen molar-refractivity contribution in [3.63, 3.8) is 0 Å². The summed E-state index contributed by atoms with van der Waals surface area (Å²) < 4.78 is 23.6. The van der Waals surface area contributed by atoms with Gasteiger partial charge in [-0.05, 0) is 25.9 Å². The van der Waals surface area contributed by atoms with Gasteiger partial charge < -0.3 is 0 Å². The zero-order valence-corrected chi connectivity index (χ0v) is 7.25. The van der Waals surface area contributed by atoms with E-state index in [9.17, 15) is 8.78 Å². The molecule has 1 rings (SSSR count). The number of piperidine rings is 1. The molecule has 0 saturated carbocycles. The maximum Gasteiger partial charge on any atom is 0.251 e. The third-order valence-corrected chi connectivity index (χ3v) is 1.84. The molecule has 1 saturated heterocycles. The molecule has 0 unspecified atom stereocenters. The molecule has 0 atom stereocenters. The molecule has 0 radical (unpaired) electrons. The third kappa shape index (κ3) is 4.53. The highest BCUT2D eigenvalue weighted by Crippen LogP contribution is 2.09. The summed E-state index contributed by atoms with van der Waals surface area (Å²) in [5.74, 6) is 0. The second kappa shape index (κ2) is 5.72. The van der Waals surface area contributed by atoms with Crippen LogP contribution >= 0.6 is 12.4 Å². The minimum Gasteiger partial charge on any atom is -0.298 e. The molecule has 1 heterocycles. The van der Waals surface area contributed by atoms with Crippen LogP contribution in [0.3, 0.4) is 0 Å². The molecule has 1 fully saturated rings. The highest BCUT2D eigenvalue weighted by Gasteiger charge is 2.13. The zero-order chi connectivity index (χ0) is 7.40. The van der Waals surface area contributed by atoms with E-state index in [1.807, 2.05) is 4.90 Å². The van der Waals surface area contributed by atoms with Gasteiger partial charge in [0, 0.05) is 0 Å². The Bertz CT molecular complexity index is 94.4. The van der Waals surface area contributed by atoms with E-state index in [-0.39, 0.29) is 19.0 Å². The Balaban J connectivity index is 0.000001000. The average Bonchev–Trinajstić information content (AvgIpc) is 1.88. The summed E-state index contributed by atoms with van der Waals surface area (Å²) in [6.45, 7) is 1.70. The van der Waals surface area contributed by atoms with E-state index in [1.54, 1.807) is 0 Å². The van der Waals surface area contributed by atoms with E-state index in [4.69, 9.17) is 0 Å². The fourth-order valence-electron chi connectivity index (χ4n) is 1.34. The van der Waals surface area contributed by atoms with Gasteiger partial charge in [0.2, 0.25) is 0 Å². The van der Waals surface area contributed by atoms with Crippen LogP contribution in [0.15, 0.2) is 0 Å². The number of hydrogen-bond acceptors (Lipinski definition) is 1. The zero-order valence-electron chi connectivity index (χ0n) is 6.43. The lowest BCUT2D eigenvalue weighted by Crippen LogP contribution is -2.33. The molecule has 0 N–H and O–H groups in total. The van der Waals surface area contributed by atoms with Crippen molar-refractivity contribution in [2.75, 3.05) is 19.6 Å². The monoisotopic (exact) mass is 185 g/mol. The predicted molar refractivity (Wildman–Crippen MR) is 43.5 cm³/mol. The second-order valence-corrected chi connectivity index (χ2v) is 2.75. The fourth-order valence-corrected chi connectivity index (χ4v) is 1.34. The van der Waals surface area contributed by atoms with Crippen LogP contribution in [0.5, 0.6) is 0 Å². The van der Waals surface area contributed by atoms with Gasteiger partial charge in [-0.15, -0.1) is 12.4 Å². The average molecular weight is 186 g/mol. The van der Waals surface area contributed by atoms with Crippen LogP contribution in [-0.2, 0) is 0 Å². The van der Waals surface area contributed by atoms with Gasteiger partial charge in [0.1, 0.15) is 0 Å². The Kier molecular flexibility index (Phi) is 5.78. The van der Waals surface area contributed by atoms with E-state index in [1.165, 1.54) is 6.42 Å². The van der Waals surface area contributed by atoms with Crippen LogP contribution in [0.25, 0.3) is 0 Å². The van der Waals surface area contributed by atoms with Gasteiger partial charge in [-0.1, -0.05) is 6.42 Å². The van der Waals surface area contributed by atoms with Crippen molar-refractivity contribution in [2.24, 2.45) is 0 Å². The second-order valence-electron chi connectivity index (χ2n) is 2.75. The summed E-state index contributed by atoms with van der Waals surface area (Å²) in [6.07, 6.45) is 1.23. The van der Waals surface area contributed by atoms with Gasteiger partial charge in [0.05, 0.1) is 6.54 Å². The molecular weight excluding hydrogens is 172 g/mol. The van der Waals surface area contributed by atoms with Gasteiger partial charge in [0.15, 0.2) is 0 Å². The Morgan fingerprint density at radius 2 is 1.64 bits per heavy atom. The molecule has 0 bridgehead atoms. The van der Waals surface area contributed by atoms with Crippen LogP contribution in [0.1, 0.15) is 19.3 Å². The van der Waals surface area contributed by atoms with E-state index in [2.05, 4.69) is 0 Å². The van der Waals surface area contributed by atoms with Crippen molar-refractivity contribution in [3.05, 3.63) is 0 Å². The summed E-state index contributed by atoms with van der Waals surface area (Å²) in [6, 6.07) is 0. The topological polar surface area (TPSA) is 3.24 Å².